The lowest BCUT2D eigenvalue weighted by molar-refractivity contribution is 0.666. The quantitative estimate of drug-likeness (QED) is 0.216. The van der Waals surface area contributed by atoms with E-state index in [1.807, 2.05) is 66.7 Å². The van der Waals surface area contributed by atoms with E-state index in [9.17, 15) is 10.5 Å². The van der Waals surface area contributed by atoms with Gasteiger partial charge in [-0.25, -0.2) is 0 Å². The van der Waals surface area contributed by atoms with Crippen molar-refractivity contribution in [2.24, 2.45) is 0 Å². The van der Waals surface area contributed by atoms with E-state index in [4.69, 9.17) is 4.42 Å². The van der Waals surface area contributed by atoms with Crippen LogP contribution in [0.25, 0.3) is 76.9 Å². The highest BCUT2D eigenvalue weighted by Gasteiger charge is 2.19. The summed E-state index contributed by atoms with van der Waals surface area (Å²) in [6.45, 7) is 0. The number of nitrogens with zero attached hydrogens (tertiary/aromatic N) is 4. The normalized spacial score (nSPS) is 11.7. The summed E-state index contributed by atoms with van der Waals surface area (Å²) in [7, 11) is 0. The van der Waals surface area contributed by atoms with Crippen molar-refractivity contribution in [1.29, 1.82) is 10.5 Å². The zero-order valence-electron chi connectivity index (χ0n) is 22.7. The Balaban J connectivity index is 1.34. The summed E-state index contributed by atoms with van der Waals surface area (Å²) < 4.78 is 11.0. The van der Waals surface area contributed by atoms with Crippen LogP contribution in [0.1, 0.15) is 11.1 Å². The molecule has 43 heavy (non-hydrogen) atoms. The molecule has 0 saturated carbocycles. The fourth-order valence-electron chi connectivity index (χ4n) is 6.70. The third-order valence-corrected chi connectivity index (χ3v) is 8.56. The molecule has 0 amide bonds. The van der Waals surface area contributed by atoms with Crippen LogP contribution >= 0.6 is 0 Å². The van der Waals surface area contributed by atoms with Gasteiger partial charge in [0.2, 0.25) is 0 Å². The summed E-state index contributed by atoms with van der Waals surface area (Å²) in [5.74, 6) is 0. The monoisotopic (exact) mass is 548 g/mol. The van der Waals surface area contributed by atoms with Crippen molar-refractivity contribution in [3.8, 4) is 23.5 Å². The molecule has 3 heterocycles. The van der Waals surface area contributed by atoms with Crippen LogP contribution in [-0.2, 0) is 0 Å². The molecule has 0 saturated heterocycles. The Morgan fingerprint density at radius 2 is 1.05 bits per heavy atom. The highest BCUT2D eigenvalue weighted by molar-refractivity contribution is 6.14. The highest BCUT2D eigenvalue weighted by atomic mass is 16.3. The molecule has 0 radical (unpaired) electrons. The first-order valence-electron chi connectivity index (χ1n) is 14.1. The van der Waals surface area contributed by atoms with Gasteiger partial charge in [0.15, 0.2) is 5.58 Å². The Bertz CT molecular complexity index is 2710. The number of aromatic nitrogens is 2. The van der Waals surface area contributed by atoms with Crippen LogP contribution in [0.3, 0.4) is 0 Å². The van der Waals surface area contributed by atoms with Crippen LogP contribution in [0.5, 0.6) is 0 Å². The largest absolute Gasteiger partial charge is 0.454 e. The third-order valence-electron chi connectivity index (χ3n) is 8.56. The second kappa shape index (κ2) is 8.60. The van der Waals surface area contributed by atoms with Gasteiger partial charge in [0.05, 0.1) is 51.0 Å². The Kier molecular flexibility index (Phi) is 4.68. The van der Waals surface area contributed by atoms with Crippen LogP contribution in [0, 0.1) is 22.7 Å². The first-order valence-corrected chi connectivity index (χ1v) is 14.1. The van der Waals surface area contributed by atoms with Gasteiger partial charge in [-0.05, 0) is 60.7 Å². The summed E-state index contributed by atoms with van der Waals surface area (Å²) in [5, 5.41) is 25.8. The number of nitriles is 2. The van der Waals surface area contributed by atoms with E-state index in [-0.39, 0.29) is 0 Å². The van der Waals surface area contributed by atoms with E-state index < -0.39 is 0 Å². The lowest BCUT2D eigenvalue weighted by Crippen LogP contribution is -1.94. The van der Waals surface area contributed by atoms with Crippen molar-refractivity contribution >= 4 is 65.6 Å². The van der Waals surface area contributed by atoms with Crippen molar-refractivity contribution in [2.45, 2.75) is 0 Å². The lowest BCUT2D eigenvalue weighted by Gasteiger charge is -2.09. The van der Waals surface area contributed by atoms with Crippen LogP contribution < -0.4 is 0 Å². The maximum Gasteiger partial charge on any atom is 0.159 e. The van der Waals surface area contributed by atoms with Crippen molar-refractivity contribution < 1.29 is 4.42 Å². The molecule has 0 bridgehead atoms. The van der Waals surface area contributed by atoms with Crippen LogP contribution in [0.2, 0.25) is 0 Å². The lowest BCUT2D eigenvalue weighted by atomic mass is 10.1. The zero-order chi connectivity index (χ0) is 28.7. The molecule has 0 atom stereocenters. The fraction of sp³-hybridized carbons (Fsp3) is 0. The van der Waals surface area contributed by atoms with Gasteiger partial charge >= 0.3 is 0 Å². The molecule has 5 heteroatoms. The Morgan fingerprint density at radius 3 is 1.72 bits per heavy atom. The minimum Gasteiger partial charge on any atom is -0.454 e. The molecule has 0 aliphatic rings. The number of rotatable bonds is 2. The molecule has 0 unspecified atom stereocenters. The fourth-order valence-corrected chi connectivity index (χ4v) is 6.70. The molecular weight excluding hydrogens is 528 g/mol. The first-order chi connectivity index (χ1) is 21.2. The van der Waals surface area contributed by atoms with Gasteiger partial charge in [-0.2, -0.15) is 10.5 Å². The van der Waals surface area contributed by atoms with Gasteiger partial charge in [0, 0.05) is 38.0 Å². The number of hydrogen-bond acceptors (Lipinski definition) is 3. The molecule has 0 N–H and O–H groups in total. The van der Waals surface area contributed by atoms with Crippen molar-refractivity contribution in [1.82, 2.24) is 9.13 Å². The van der Waals surface area contributed by atoms with Gasteiger partial charge in [0.25, 0.3) is 0 Å². The second-order valence-corrected chi connectivity index (χ2v) is 10.8. The zero-order valence-corrected chi connectivity index (χ0v) is 22.7. The summed E-state index contributed by atoms with van der Waals surface area (Å²) >= 11 is 0. The second-order valence-electron chi connectivity index (χ2n) is 10.8. The standard InChI is InChI=1S/C38H20N4O/c39-21-23-12-15-28-26-6-1-3-9-32(26)41(35(28)18-23)25-14-17-37-31(20-25)30-8-5-11-34(38(30)43-37)42-33-10-4-2-7-27(33)29-16-13-24(22-40)19-36(29)42/h1-20H. The molecule has 3 aromatic heterocycles. The minimum atomic E-state index is 0.615. The van der Waals surface area contributed by atoms with E-state index in [1.54, 1.807) is 0 Å². The SMILES string of the molecule is N#Cc1ccc2c3ccccc3n(-c3ccc4oc5c(-n6c7ccccc7c7ccc(C#N)cc76)cccc5c4c3)c2c1. The van der Waals surface area contributed by atoms with E-state index >= 15 is 0 Å². The van der Waals surface area contributed by atoms with Crippen LogP contribution in [-0.4, -0.2) is 9.13 Å². The molecule has 198 valence electrons. The number of fused-ring (bicyclic) bond motifs is 9. The summed E-state index contributed by atoms with van der Waals surface area (Å²) in [6, 6.07) is 45.5. The molecule has 0 aliphatic heterocycles. The van der Waals surface area contributed by atoms with Crippen molar-refractivity contribution in [3.05, 3.63) is 132 Å². The molecule has 0 aliphatic carbocycles. The van der Waals surface area contributed by atoms with E-state index in [0.29, 0.717) is 11.1 Å². The topological polar surface area (TPSA) is 70.6 Å². The van der Waals surface area contributed by atoms with Gasteiger partial charge in [-0.15, -0.1) is 0 Å². The molecule has 6 aromatic carbocycles. The highest BCUT2D eigenvalue weighted by Crippen LogP contribution is 2.40. The summed E-state index contributed by atoms with van der Waals surface area (Å²) in [5.41, 5.74) is 8.84. The average molecular weight is 549 g/mol. The minimum absolute atomic E-state index is 0.615. The summed E-state index contributed by atoms with van der Waals surface area (Å²) in [6.07, 6.45) is 0. The molecule has 0 fully saturated rings. The average Bonchev–Trinajstić information content (AvgIpc) is 3.71. The number of hydrogen-bond donors (Lipinski definition) is 0. The molecular formula is C38H20N4O. The van der Waals surface area contributed by atoms with Crippen molar-refractivity contribution in [2.75, 3.05) is 0 Å². The number of furan rings is 1. The van der Waals surface area contributed by atoms with E-state index in [2.05, 4.69) is 75.9 Å². The Hall–Kier alpha value is -6.30. The maximum absolute atomic E-state index is 9.67. The maximum atomic E-state index is 9.67. The van der Waals surface area contributed by atoms with E-state index in [1.165, 1.54) is 0 Å². The molecule has 9 rings (SSSR count). The van der Waals surface area contributed by atoms with Crippen LogP contribution in [0.4, 0.5) is 0 Å². The molecule has 9 aromatic rings. The van der Waals surface area contributed by atoms with Gasteiger partial charge in [0.1, 0.15) is 5.58 Å². The third kappa shape index (κ3) is 3.19. The van der Waals surface area contributed by atoms with Crippen LogP contribution in [0.15, 0.2) is 126 Å². The number of benzene rings is 6. The van der Waals surface area contributed by atoms with E-state index in [0.717, 1.165) is 76.9 Å². The van der Waals surface area contributed by atoms with Gasteiger partial charge in [-0.1, -0.05) is 60.7 Å². The molecule has 0 spiro atoms. The smallest absolute Gasteiger partial charge is 0.159 e. The predicted molar refractivity (Wildman–Crippen MR) is 172 cm³/mol. The number of para-hydroxylation sites is 3. The Labute approximate surface area is 245 Å². The van der Waals surface area contributed by atoms with Gasteiger partial charge in [-0.3, -0.25) is 0 Å². The predicted octanol–water partition coefficient (Wildman–Crippen LogP) is 9.52. The van der Waals surface area contributed by atoms with Gasteiger partial charge < -0.3 is 13.6 Å². The first kappa shape index (κ1) is 23.4. The summed E-state index contributed by atoms with van der Waals surface area (Å²) in [4.78, 5) is 0. The molecule has 5 nitrogen and oxygen atoms in total. The Morgan fingerprint density at radius 1 is 0.465 bits per heavy atom. The van der Waals surface area contributed by atoms with Crippen molar-refractivity contribution in [3.63, 3.8) is 0 Å².